The summed E-state index contributed by atoms with van der Waals surface area (Å²) in [6.45, 7) is 8.82. The van der Waals surface area contributed by atoms with Crippen LogP contribution < -0.4 is 10.1 Å². The van der Waals surface area contributed by atoms with Gasteiger partial charge in [0.2, 0.25) is 0 Å². The van der Waals surface area contributed by atoms with Crippen molar-refractivity contribution in [2.75, 3.05) is 27.2 Å². The minimum Gasteiger partial charge on any atom is -0.490 e. The van der Waals surface area contributed by atoms with E-state index < -0.39 is 0 Å². The molecule has 1 aromatic rings. The van der Waals surface area contributed by atoms with Crippen LogP contribution in [0.5, 0.6) is 5.75 Å². The Morgan fingerprint density at radius 1 is 1.39 bits per heavy atom. The van der Waals surface area contributed by atoms with E-state index in [1.54, 1.807) is 12.4 Å². The van der Waals surface area contributed by atoms with Crippen LogP contribution in [0.4, 0.5) is 0 Å². The predicted octanol–water partition coefficient (Wildman–Crippen LogP) is 1.91. The maximum Gasteiger partial charge on any atom is 0.142 e. The van der Waals surface area contributed by atoms with Gasteiger partial charge in [0.15, 0.2) is 0 Å². The van der Waals surface area contributed by atoms with Gasteiger partial charge in [-0.2, -0.15) is 0 Å². The number of hydrogen-bond donors (Lipinski definition) is 1. The largest absolute Gasteiger partial charge is 0.490 e. The minimum atomic E-state index is 0.00525. The zero-order valence-electron chi connectivity index (χ0n) is 12.2. The number of hydrogen-bond acceptors (Lipinski definition) is 4. The number of likely N-dealkylation sites (N-methyl/N-ethyl adjacent to an activating group) is 1. The van der Waals surface area contributed by atoms with Crippen LogP contribution in [0.3, 0.4) is 0 Å². The predicted molar refractivity (Wildman–Crippen MR) is 74.9 cm³/mol. The first-order valence-corrected chi connectivity index (χ1v) is 6.41. The van der Waals surface area contributed by atoms with Crippen molar-refractivity contribution in [2.45, 2.75) is 32.9 Å². The van der Waals surface area contributed by atoms with Crippen molar-refractivity contribution in [1.29, 1.82) is 0 Å². The third kappa shape index (κ3) is 4.27. The highest BCUT2D eigenvalue weighted by molar-refractivity contribution is 5.29. The topological polar surface area (TPSA) is 37.4 Å². The van der Waals surface area contributed by atoms with Gasteiger partial charge in [-0.1, -0.05) is 6.92 Å². The Hall–Kier alpha value is -1.13. The summed E-state index contributed by atoms with van der Waals surface area (Å²) in [5.74, 6) is 0.869. The van der Waals surface area contributed by atoms with Crippen molar-refractivity contribution < 1.29 is 4.74 Å². The highest BCUT2D eigenvalue weighted by Crippen LogP contribution is 2.19. The molecule has 0 amide bonds. The summed E-state index contributed by atoms with van der Waals surface area (Å²) in [4.78, 5) is 6.29. The van der Waals surface area contributed by atoms with Gasteiger partial charge < -0.3 is 15.0 Å². The molecular weight excluding hydrogens is 226 g/mol. The molecule has 0 bridgehead atoms. The Labute approximate surface area is 110 Å². The molecule has 0 aliphatic rings. The van der Waals surface area contributed by atoms with Crippen LogP contribution in [0, 0.1) is 0 Å². The molecule has 0 saturated heterocycles. The quantitative estimate of drug-likeness (QED) is 0.803. The van der Waals surface area contributed by atoms with Crippen LogP contribution in [0.1, 0.15) is 26.3 Å². The van der Waals surface area contributed by atoms with Gasteiger partial charge in [0.1, 0.15) is 12.4 Å². The van der Waals surface area contributed by atoms with Crippen LogP contribution in [-0.4, -0.2) is 42.7 Å². The SMILES string of the molecule is CCNCc1ccncc1OCC(C)(C)N(C)C. The summed E-state index contributed by atoms with van der Waals surface area (Å²) in [5, 5.41) is 3.31. The van der Waals surface area contributed by atoms with Crippen molar-refractivity contribution in [1.82, 2.24) is 15.2 Å². The number of pyridine rings is 1. The Balaban J connectivity index is 2.66. The first-order valence-electron chi connectivity index (χ1n) is 6.41. The molecule has 0 atom stereocenters. The van der Waals surface area contributed by atoms with Crippen molar-refractivity contribution in [3.8, 4) is 5.75 Å². The lowest BCUT2D eigenvalue weighted by molar-refractivity contribution is 0.113. The van der Waals surface area contributed by atoms with E-state index in [9.17, 15) is 0 Å². The molecule has 4 heteroatoms. The Morgan fingerprint density at radius 3 is 2.72 bits per heavy atom. The average molecular weight is 251 g/mol. The van der Waals surface area contributed by atoms with Crippen molar-refractivity contribution in [2.24, 2.45) is 0 Å². The molecule has 1 N–H and O–H groups in total. The molecule has 0 unspecified atom stereocenters. The first kappa shape index (κ1) is 14.9. The molecule has 18 heavy (non-hydrogen) atoms. The van der Waals surface area contributed by atoms with Crippen LogP contribution in [0.15, 0.2) is 18.5 Å². The third-order valence-corrected chi connectivity index (χ3v) is 3.23. The normalized spacial score (nSPS) is 11.9. The minimum absolute atomic E-state index is 0.00525. The average Bonchev–Trinajstić information content (AvgIpc) is 2.34. The molecule has 0 aliphatic heterocycles. The molecule has 4 nitrogen and oxygen atoms in total. The maximum atomic E-state index is 5.92. The number of ether oxygens (including phenoxy) is 1. The maximum absolute atomic E-state index is 5.92. The van der Waals surface area contributed by atoms with Crippen molar-refractivity contribution in [3.05, 3.63) is 24.0 Å². The highest BCUT2D eigenvalue weighted by atomic mass is 16.5. The molecule has 0 radical (unpaired) electrons. The molecule has 0 aromatic carbocycles. The molecule has 1 rings (SSSR count). The zero-order chi connectivity index (χ0) is 13.6. The van der Waals surface area contributed by atoms with Crippen LogP contribution >= 0.6 is 0 Å². The highest BCUT2D eigenvalue weighted by Gasteiger charge is 2.21. The number of nitrogens with zero attached hydrogens (tertiary/aromatic N) is 2. The number of aromatic nitrogens is 1. The Kier molecular flexibility index (Phi) is 5.56. The summed E-state index contributed by atoms with van der Waals surface area (Å²) in [5.41, 5.74) is 1.16. The summed E-state index contributed by atoms with van der Waals surface area (Å²) in [6.07, 6.45) is 3.59. The monoisotopic (exact) mass is 251 g/mol. The van der Waals surface area contributed by atoms with E-state index in [-0.39, 0.29) is 5.54 Å². The summed E-state index contributed by atoms with van der Waals surface area (Å²) >= 11 is 0. The molecule has 0 saturated carbocycles. The van der Waals surface area contributed by atoms with E-state index in [2.05, 4.69) is 50.1 Å². The van der Waals surface area contributed by atoms with E-state index in [1.807, 2.05) is 6.07 Å². The molecule has 1 heterocycles. The standard InChI is InChI=1S/C14H25N3O/c1-6-15-9-12-7-8-16-10-13(12)18-11-14(2,3)17(4)5/h7-8,10,15H,6,9,11H2,1-5H3. The smallest absolute Gasteiger partial charge is 0.142 e. The van der Waals surface area contributed by atoms with Gasteiger partial charge in [-0.3, -0.25) is 4.98 Å². The molecule has 0 fully saturated rings. The van der Waals surface area contributed by atoms with Gasteiger partial charge in [0, 0.05) is 23.8 Å². The van der Waals surface area contributed by atoms with Crippen LogP contribution in [0.2, 0.25) is 0 Å². The van der Waals surface area contributed by atoms with E-state index in [0.29, 0.717) is 6.61 Å². The van der Waals surface area contributed by atoms with Crippen molar-refractivity contribution >= 4 is 0 Å². The molecular formula is C14H25N3O. The lowest BCUT2D eigenvalue weighted by Gasteiger charge is -2.32. The van der Waals surface area contributed by atoms with E-state index in [1.165, 1.54) is 0 Å². The van der Waals surface area contributed by atoms with Gasteiger partial charge in [-0.15, -0.1) is 0 Å². The fourth-order valence-corrected chi connectivity index (χ4v) is 1.33. The fourth-order valence-electron chi connectivity index (χ4n) is 1.33. The van der Waals surface area contributed by atoms with Crippen LogP contribution in [-0.2, 0) is 6.54 Å². The molecule has 1 aromatic heterocycles. The zero-order valence-corrected chi connectivity index (χ0v) is 12.2. The second-order valence-electron chi connectivity index (χ2n) is 5.26. The second-order valence-corrected chi connectivity index (χ2v) is 5.26. The summed E-state index contributed by atoms with van der Waals surface area (Å²) in [6, 6.07) is 2.00. The third-order valence-electron chi connectivity index (χ3n) is 3.23. The van der Waals surface area contributed by atoms with E-state index in [4.69, 9.17) is 4.74 Å². The van der Waals surface area contributed by atoms with Crippen LogP contribution in [0.25, 0.3) is 0 Å². The number of rotatable bonds is 7. The van der Waals surface area contributed by atoms with Gasteiger partial charge in [-0.05, 0) is 40.6 Å². The fraction of sp³-hybridized carbons (Fsp3) is 0.643. The Morgan fingerprint density at radius 2 is 2.11 bits per heavy atom. The lowest BCUT2D eigenvalue weighted by Crippen LogP contribution is -2.43. The number of nitrogens with one attached hydrogen (secondary N) is 1. The van der Waals surface area contributed by atoms with E-state index in [0.717, 1.165) is 24.4 Å². The first-order chi connectivity index (χ1) is 8.47. The van der Waals surface area contributed by atoms with E-state index >= 15 is 0 Å². The second kappa shape index (κ2) is 6.71. The van der Waals surface area contributed by atoms with Gasteiger partial charge in [0.25, 0.3) is 0 Å². The summed E-state index contributed by atoms with van der Waals surface area (Å²) in [7, 11) is 4.12. The van der Waals surface area contributed by atoms with Gasteiger partial charge >= 0.3 is 0 Å². The molecule has 102 valence electrons. The lowest BCUT2D eigenvalue weighted by atomic mass is 10.1. The van der Waals surface area contributed by atoms with Gasteiger partial charge in [-0.25, -0.2) is 0 Å². The Bertz CT molecular complexity index is 364. The molecule has 0 aliphatic carbocycles. The molecule has 0 spiro atoms. The van der Waals surface area contributed by atoms with Gasteiger partial charge in [0.05, 0.1) is 6.20 Å². The summed E-state index contributed by atoms with van der Waals surface area (Å²) < 4.78 is 5.92. The van der Waals surface area contributed by atoms with Crippen molar-refractivity contribution in [3.63, 3.8) is 0 Å².